The van der Waals surface area contributed by atoms with Crippen molar-refractivity contribution in [3.8, 4) is 11.8 Å². The highest BCUT2D eigenvalue weighted by molar-refractivity contribution is 5.79. The molecule has 1 fully saturated rings. The molecule has 1 heterocycles. The third kappa shape index (κ3) is 9.10. The Bertz CT molecular complexity index is 546. The Labute approximate surface area is 164 Å². The number of carbonyl (C=O) groups excluding carboxylic acids is 2. The van der Waals surface area contributed by atoms with E-state index in [-0.39, 0.29) is 23.8 Å². The van der Waals surface area contributed by atoms with E-state index in [1.54, 1.807) is 0 Å². The summed E-state index contributed by atoms with van der Waals surface area (Å²) in [6.07, 6.45) is 10.4. The summed E-state index contributed by atoms with van der Waals surface area (Å²) in [6, 6.07) is 0.0798. The van der Waals surface area contributed by atoms with Gasteiger partial charge in [0.15, 0.2) is 0 Å². The standard InChI is InChI=1S/C22H35NO4/c1-4-5-8-11-18(2)20(24)15-13-19-14-16-21(25)23(19)17-10-7-6-9-12-22(26)27-3/h13,15,18-20,24H,4,6-7,9-12,14,16-17H2,1-3H3/b15-13+/t18-,19-,20+/m0/s1. The van der Waals surface area contributed by atoms with Crippen molar-refractivity contribution in [3.05, 3.63) is 12.2 Å². The molecule has 0 aromatic rings. The van der Waals surface area contributed by atoms with E-state index in [0.29, 0.717) is 19.3 Å². The van der Waals surface area contributed by atoms with Crippen LogP contribution in [0.1, 0.15) is 71.6 Å². The summed E-state index contributed by atoms with van der Waals surface area (Å²) in [4.78, 5) is 25.1. The number of unbranched alkanes of at least 4 members (excludes halogenated alkanes) is 3. The summed E-state index contributed by atoms with van der Waals surface area (Å²) < 4.78 is 4.63. The van der Waals surface area contributed by atoms with Gasteiger partial charge in [0.25, 0.3) is 0 Å². The number of methoxy groups -OCH3 is 1. The van der Waals surface area contributed by atoms with Gasteiger partial charge in [-0.3, -0.25) is 9.59 Å². The number of hydrogen-bond donors (Lipinski definition) is 1. The van der Waals surface area contributed by atoms with Crippen LogP contribution >= 0.6 is 0 Å². The zero-order valence-electron chi connectivity index (χ0n) is 17.1. The van der Waals surface area contributed by atoms with Gasteiger partial charge in [0, 0.05) is 32.2 Å². The number of ether oxygens (including phenoxy) is 1. The van der Waals surface area contributed by atoms with Gasteiger partial charge in [-0.05, 0) is 25.2 Å². The van der Waals surface area contributed by atoms with Crippen LogP contribution in [0.4, 0.5) is 0 Å². The van der Waals surface area contributed by atoms with Crippen LogP contribution in [0.25, 0.3) is 0 Å². The maximum absolute atomic E-state index is 12.1. The molecule has 0 aromatic carbocycles. The lowest BCUT2D eigenvalue weighted by Crippen LogP contribution is -2.33. The largest absolute Gasteiger partial charge is 0.469 e. The summed E-state index contributed by atoms with van der Waals surface area (Å²) in [5.74, 6) is 6.22. The number of aliphatic hydroxyl groups is 1. The molecule has 0 saturated carbocycles. The number of likely N-dealkylation sites (tertiary alicyclic amines) is 1. The van der Waals surface area contributed by atoms with Crippen LogP contribution in [-0.2, 0) is 14.3 Å². The lowest BCUT2D eigenvalue weighted by molar-refractivity contribution is -0.140. The lowest BCUT2D eigenvalue weighted by atomic mass is 10.00. The summed E-state index contributed by atoms with van der Waals surface area (Å²) in [5, 5.41) is 10.3. The summed E-state index contributed by atoms with van der Waals surface area (Å²) >= 11 is 0. The fraction of sp³-hybridized carbons (Fsp3) is 0.727. The summed E-state index contributed by atoms with van der Waals surface area (Å²) in [5.41, 5.74) is 0. The highest BCUT2D eigenvalue weighted by Gasteiger charge is 2.28. The summed E-state index contributed by atoms with van der Waals surface area (Å²) in [7, 11) is 1.41. The molecule has 0 aromatic heterocycles. The Morgan fingerprint density at radius 3 is 2.78 bits per heavy atom. The smallest absolute Gasteiger partial charge is 0.305 e. The van der Waals surface area contributed by atoms with Gasteiger partial charge in [0.2, 0.25) is 5.91 Å². The molecule has 0 aliphatic carbocycles. The highest BCUT2D eigenvalue weighted by atomic mass is 16.5. The Morgan fingerprint density at radius 1 is 1.33 bits per heavy atom. The Morgan fingerprint density at radius 2 is 2.07 bits per heavy atom. The van der Waals surface area contributed by atoms with E-state index in [2.05, 4.69) is 16.6 Å². The Kier molecular flexibility index (Phi) is 11.5. The predicted molar refractivity (Wildman–Crippen MR) is 107 cm³/mol. The van der Waals surface area contributed by atoms with Crippen LogP contribution in [-0.4, -0.2) is 47.7 Å². The average Bonchev–Trinajstić information content (AvgIpc) is 3.02. The van der Waals surface area contributed by atoms with Crippen LogP contribution in [0.2, 0.25) is 0 Å². The van der Waals surface area contributed by atoms with Gasteiger partial charge in [-0.25, -0.2) is 0 Å². The topological polar surface area (TPSA) is 66.8 Å². The van der Waals surface area contributed by atoms with Crippen molar-refractivity contribution in [1.29, 1.82) is 0 Å². The Hall–Kier alpha value is -1.80. The van der Waals surface area contributed by atoms with Crippen molar-refractivity contribution in [1.82, 2.24) is 4.90 Å². The molecule has 1 saturated heterocycles. The third-order valence-corrected chi connectivity index (χ3v) is 4.97. The van der Waals surface area contributed by atoms with Crippen molar-refractivity contribution in [2.24, 2.45) is 5.92 Å². The Balaban J connectivity index is 2.37. The number of rotatable bonds is 11. The first-order valence-electron chi connectivity index (χ1n) is 10.2. The first-order chi connectivity index (χ1) is 13.0. The monoisotopic (exact) mass is 377 g/mol. The number of nitrogens with zero attached hydrogens (tertiary/aromatic N) is 1. The van der Waals surface area contributed by atoms with Gasteiger partial charge in [-0.15, -0.1) is 11.8 Å². The molecule has 1 aliphatic heterocycles. The molecule has 5 heteroatoms. The quantitative estimate of drug-likeness (QED) is 0.259. The molecule has 5 nitrogen and oxygen atoms in total. The van der Waals surface area contributed by atoms with Crippen LogP contribution in [0.15, 0.2) is 12.2 Å². The van der Waals surface area contributed by atoms with Gasteiger partial charge in [-0.2, -0.15) is 0 Å². The van der Waals surface area contributed by atoms with Crippen molar-refractivity contribution in [2.45, 2.75) is 83.8 Å². The minimum atomic E-state index is -0.535. The molecule has 1 aliphatic rings. The normalized spacial score (nSPS) is 19.0. The van der Waals surface area contributed by atoms with Gasteiger partial charge >= 0.3 is 5.97 Å². The fourth-order valence-corrected chi connectivity index (χ4v) is 3.16. The first kappa shape index (κ1) is 23.2. The fourth-order valence-electron chi connectivity index (χ4n) is 3.16. The zero-order chi connectivity index (χ0) is 20.1. The second kappa shape index (κ2) is 13.4. The van der Waals surface area contributed by atoms with E-state index >= 15 is 0 Å². The molecule has 1 N–H and O–H groups in total. The number of amides is 1. The van der Waals surface area contributed by atoms with Crippen molar-refractivity contribution >= 4 is 11.9 Å². The zero-order valence-corrected chi connectivity index (χ0v) is 17.1. The molecule has 3 atom stereocenters. The minimum absolute atomic E-state index is 0.0798. The summed E-state index contributed by atoms with van der Waals surface area (Å²) in [6.45, 7) is 4.74. The van der Waals surface area contributed by atoms with Crippen molar-refractivity contribution in [2.75, 3.05) is 13.7 Å². The second-order valence-electron chi connectivity index (χ2n) is 7.20. The van der Waals surface area contributed by atoms with E-state index < -0.39 is 6.10 Å². The SMILES string of the molecule is CCC#CC[C@H](C)[C@H](O)/C=C/[C@H]1CCC(=O)N1CCCCCCC(=O)OC. The van der Waals surface area contributed by atoms with Crippen LogP contribution in [0.3, 0.4) is 0 Å². The van der Waals surface area contributed by atoms with Gasteiger partial charge in [0.1, 0.15) is 0 Å². The molecular weight excluding hydrogens is 342 g/mol. The molecule has 0 bridgehead atoms. The van der Waals surface area contributed by atoms with E-state index in [9.17, 15) is 14.7 Å². The molecule has 1 amide bonds. The minimum Gasteiger partial charge on any atom is -0.469 e. The molecule has 152 valence electrons. The number of hydrogen-bond acceptors (Lipinski definition) is 4. The van der Waals surface area contributed by atoms with E-state index in [4.69, 9.17) is 0 Å². The number of aliphatic hydroxyl groups excluding tert-OH is 1. The molecular formula is C22H35NO4. The molecule has 0 spiro atoms. The number of carbonyl (C=O) groups is 2. The van der Waals surface area contributed by atoms with Gasteiger partial charge in [0.05, 0.1) is 19.3 Å². The molecule has 1 rings (SSSR count). The van der Waals surface area contributed by atoms with Crippen LogP contribution < -0.4 is 0 Å². The average molecular weight is 378 g/mol. The highest BCUT2D eigenvalue weighted by Crippen LogP contribution is 2.22. The molecule has 0 radical (unpaired) electrons. The van der Waals surface area contributed by atoms with E-state index in [1.807, 2.05) is 30.9 Å². The molecule has 0 unspecified atom stereocenters. The maximum Gasteiger partial charge on any atom is 0.305 e. The first-order valence-corrected chi connectivity index (χ1v) is 10.2. The predicted octanol–water partition coefficient (Wildman–Crippen LogP) is 3.46. The lowest BCUT2D eigenvalue weighted by Gasteiger charge is -2.23. The van der Waals surface area contributed by atoms with E-state index in [0.717, 1.165) is 45.1 Å². The maximum atomic E-state index is 12.1. The molecule has 27 heavy (non-hydrogen) atoms. The van der Waals surface area contributed by atoms with E-state index in [1.165, 1.54) is 7.11 Å². The van der Waals surface area contributed by atoms with Crippen molar-refractivity contribution < 1.29 is 19.4 Å². The number of esters is 1. The van der Waals surface area contributed by atoms with Crippen molar-refractivity contribution in [3.63, 3.8) is 0 Å². The van der Waals surface area contributed by atoms with Gasteiger partial charge in [-0.1, -0.05) is 38.8 Å². The third-order valence-electron chi connectivity index (χ3n) is 4.97. The van der Waals surface area contributed by atoms with Gasteiger partial charge < -0.3 is 14.7 Å². The van der Waals surface area contributed by atoms with Crippen LogP contribution in [0, 0.1) is 17.8 Å². The second-order valence-corrected chi connectivity index (χ2v) is 7.20. The van der Waals surface area contributed by atoms with Crippen LogP contribution in [0.5, 0.6) is 0 Å².